The van der Waals surface area contributed by atoms with E-state index in [1.807, 2.05) is 11.3 Å². The Morgan fingerprint density at radius 1 is 0.474 bits per heavy atom. The second kappa shape index (κ2) is 16.8. The molecule has 4 heterocycles. The first kappa shape index (κ1) is 46.1. The fourth-order valence-corrected chi connectivity index (χ4v) is 18.5. The molecule has 11 aromatic rings. The summed E-state index contributed by atoms with van der Waals surface area (Å²) in [7, 11) is 0. The third-order valence-electron chi connectivity index (χ3n) is 21.1. The van der Waals surface area contributed by atoms with Crippen LogP contribution in [0.15, 0.2) is 170 Å². The van der Waals surface area contributed by atoms with Gasteiger partial charge in [-0.3, -0.25) is 0 Å². The lowest BCUT2D eigenvalue weighted by molar-refractivity contribution is 0.149. The van der Waals surface area contributed by atoms with Crippen LogP contribution in [0.1, 0.15) is 127 Å². The van der Waals surface area contributed by atoms with Crippen molar-refractivity contribution in [2.24, 2.45) is 11.8 Å². The van der Waals surface area contributed by atoms with Gasteiger partial charge in [-0.15, -0.1) is 11.3 Å². The van der Waals surface area contributed by atoms with Crippen molar-refractivity contribution < 1.29 is 0 Å². The molecule has 0 radical (unpaired) electrons. The average molecular weight is 1030 g/mol. The monoisotopic (exact) mass is 1030 g/mol. The molecular weight excluding hydrogens is 960 g/mol. The summed E-state index contributed by atoms with van der Waals surface area (Å²) in [6.45, 7) is 7.02. The van der Waals surface area contributed by atoms with E-state index < -0.39 is 0 Å². The zero-order chi connectivity index (χ0) is 51.6. The second-order valence-electron chi connectivity index (χ2n) is 26.4. The fraction of sp³-hybridized carbons (Fsp3) is 0.297. The van der Waals surface area contributed by atoms with Crippen molar-refractivity contribution in [3.8, 4) is 33.4 Å². The van der Waals surface area contributed by atoms with Gasteiger partial charge >= 0.3 is 6.85 Å². The maximum absolute atomic E-state index is 2.89. The van der Waals surface area contributed by atoms with Gasteiger partial charge in [-0.05, 0) is 194 Å². The fourth-order valence-electron chi connectivity index (χ4n) is 17.4. The molecule has 2 aliphatic heterocycles. The van der Waals surface area contributed by atoms with Crippen LogP contribution in [0.4, 0.5) is 17.1 Å². The number of fused-ring (bicyclic) bond motifs is 15. The van der Waals surface area contributed by atoms with Crippen molar-refractivity contribution >= 4 is 98.9 Å². The van der Waals surface area contributed by atoms with Gasteiger partial charge in [0.25, 0.3) is 0 Å². The number of thiophene rings is 1. The van der Waals surface area contributed by atoms with Gasteiger partial charge in [-0.25, -0.2) is 0 Å². The molecule has 6 aliphatic rings. The van der Waals surface area contributed by atoms with E-state index in [9.17, 15) is 0 Å². The van der Waals surface area contributed by atoms with Crippen LogP contribution in [-0.4, -0.2) is 11.3 Å². The number of anilines is 3. The molecule has 0 unspecified atom stereocenters. The van der Waals surface area contributed by atoms with E-state index in [1.54, 1.807) is 11.1 Å². The van der Waals surface area contributed by atoms with Gasteiger partial charge in [0.1, 0.15) is 0 Å². The van der Waals surface area contributed by atoms with E-state index in [2.05, 4.69) is 200 Å². The Hall–Kier alpha value is -6.88. The smallest absolute Gasteiger partial charge is 0.333 e. The number of rotatable bonds is 5. The van der Waals surface area contributed by atoms with Crippen LogP contribution in [0.3, 0.4) is 0 Å². The van der Waals surface area contributed by atoms with Crippen molar-refractivity contribution in [1.29, 1.82) is 0 Å². The molecule has 4 aliphatic carbocycles. The number of benzene rings is 9. The van der Waals surface area contributed by atoms with Crippen LogP contribution in [0.2, 0.25) is 0 Å². The Bertz CT molecular complexity index is 4280. The highest BCUT2D eigenvalue weighted by molar-refractivity contribution is 7.26. The number of aromatic nitrogens is 1. The largest absolute Gasteiger partial charge is 0.375 e. The molecule has 0 amide bonds. The van der Waals surface area contributed by atoms with Crippen LogP contribution < -0.4 is 15.8 Å². The van der Waals surface area contributed by atoms with E-state index in [-0.39, 0.29) is 23.1 Å². The van der Waals surface area contributed by atoms with E-state index in [0.717, 1.165) is 11.8 Å². The third kappa shape index (κ3) is 6.74. The highest BCUT2D eigenvalue weighted by Crippen LogP contribution is 2.57. The number of nitrogens with zero attached hydrogens (tertiary/aromatic N) is 2. The van der Waals surface area contributed by atoms with Crippen molar-refractivity contribution in [1.82, 2.24) is 4.48 Å². The van der Waals surface area contributed by atoms with Crippen LogP contribution in [0.25, 0.3) is 86.1 Å². The summed E-state index contributed by atoms with van der Waals surface area (Å²) in [4.78, 5) is 2.73. The molecule has 4 fully saturated rings. The number of hydrogen-bond acceptors (Lipinski definition) is 2. The van der Waals surface area contributed by atoms with Crippen LogP contribution in [0.5, 0.6) is 0 Å². The SMILES string of the molecule is CC(C)(C)c1ccc(N2c3cc4sc5cc6ccccc6cc5c4cc3B3c4c(cc(-c5ccccc5)cc42)-c2cc(C45CCCC(CCC4)C5)cc4c5cc(C67CCCC(CCC6)C7)ccc5n3c24)c(-c2ccccc2)c1. The minimum Gasteiger partial charge on any atom is -0.375 e. The quantitative estimate of drug-likeness (QED) is 0.156. The lowest BCUT2D eigenvalue weighted by atomic mass is 9.44. The lowest BCUT2D eigenvalue weighted by Gasteiger charge is -2.46. The highest BCUT2D eigenvalue weighted by atomic mass is 32.1. The van der Waals surface area contributed by atoms with Gasteiger partial charge in [0.2, 0.25) is 0 Å². The average Bonchev–Trinajstić information content (AvgIpc) is 3.33. The Kier molecular flexibility index (Phi) is 9.94. The summed E-state index contributed by atoms with van der Waals surface area (Å²) < 4.78 is 5.57. The molecule has 0 spiro atoms. The van der Waals surface area contributed by atoms with Gasteiger partial charge in [0.15, 0.2) is 0 Å². The summed E-state index contributed by atoms with van der Waals surface area (Å²) in [6.07, 6.45) is 19.0. The molecule has 78 heavy (non-hydrogen) atoms. The number of hydrogen-bond donors (Lipinski definition) is 0. The molecule has 2 nitrogen and oxygen atoms in total. The van der Waals surface area contributed by atoms with Gasteiger partial charge in [-0.1, -0.05) is 175 Å². The molecule has 382 valence electrons. The zero-order valence-corrected chi connectivity index (χ0v) is 46.4. The molecule has 0 atom stereocenters. The minimum atomic E-state index is -0.0529. The Morgan fingerprint density at radius 3 is 1.81 bits per heavy atom. The van der Waals surface area contributed by atoms with Crippen LogP contribution >= 0.6 is 11.3 Å². The van der Waals surface area contributed by atoms with E-state index >= 15 is 0 Å². The van der Waals surface area contributed by atoms with Crippen molar-refractivity contribution in [2.45, 2.75) is 127 Å². The molecular formula is C74H67BN2S. The van der Waals surface area contributed by atoms with Crippen LogP contribution in [-0.2, 0) is 16.2 Å². The highest BCUT2D eigenvalue weighted by Gasteiger charge is 2.47. The molecule has 0 saturated heterocycles. The van der Waals surface area contributed by atoms with Gasteiger partial charge in [0, 0.05) is 64.5 Å². The van der Waals surface area contributed by atoms with Gasteiger partial charge < -0.3 is 9.38 Å². The summed E-state index contributed by atoms with van der Waals surface area (Å²) in [6, 6.07) is 67.9. The van der Waals surface area contributed by atoms with Crippen molar-refractivity contribution in [3.63, 3.8) is 0 Å². The standard InChI is InChI=1S/C74H67BN2S/c1-72(2,3)53-26-28-64(56(38-53)49-22-8-5-9-23-49)76-66-43-69-59(58-34-50-24-10-11-25-51(50)37-68(58)78-69)42-63(66)75-70-60(35-52(36-67(70)76)48-20-6-4-7-21-48)62-41-55(74-32-14-18-47(45-74)19-15-33-74)40-61-57-39-54(27-29-65(57)77(75)71(61)62)73-30-12-16-46(44-73)17-13-31-73/h4-11,20-29,34-43,46-47H,12-19,30-33,44-45H2,1-3H3. The molecule has 4 bridgehead atoms. The van der Waals surface area contributed by atoms with Crippen molar-refractivity contribution in [3.05, 3.63) is 187 Å². The summed E-state index contributed by atoms with van der Waals surface area (Å²) in [5.41, 5.74) is 22.4. The first-order valence-electron chi connectivity index (χ1n) is 29.9. The Morgan fingerprint density at radius 2 is 1.10 bits per heavy atom. The first-order chi connectivity index (χ1) is 38.2. The Labute approximate surface area is 464 Å². The summed E-state index contributed by atoms with van der Waals surface area (Å²) in [5, 5.41) is 8.29. The lowest BCUT2D eigenvalue weighted by Crippen LogP contribution is -2.56. The third-order valence-corrected chi connectivity index (χ3v) is 22.2. The Balaban J connectivity index is 1.02. The predicted molar refractivity (Wildman–Crippen MR) is 335 cm³/mol. The summed E-state index contributed by atoms with van der Waals surface area (Å²) >= 11 is 1.96. The van der Waals surface area contributed by atoms with E-state index in [0.29, 0.717) is 0 Å². The molecule has 17 rings (SSSR count). The van der Waals surface area contributed by atoms with E-state index in [1.165, 1.54) is 210 Å². The maximum atomic E-state index is 2.89. The molecule has 4 heteroatoms. The predicted octanol–water partition coefficient (Wildman–Crippen LogP) is 19.6. The van der Waals surface area contributed by atoms with Crippen LogP contribution in [0, 0.1) is 11.8 Å². The topological polar surface area (TPSA) is 8.17 Å². The molecule has 2 aromatic heterocycles. The van der Waals surface area contributed by atoms with Gasteiger partial charge in [-0.2, -0.15) is 0 Å². The first-order valence-corrected chi connectivity index (χ1v) is 30.7. The van der Waals surface area contributed by atoms with Crippen molar-refractivity contribution in [2.75, 3.05) is 4.90 Å². The summed E-state index contributed by atoms with van der Waals surface area (Å²) in [5.74, 6) is 1.71. The second-order valence-corrected chi connectivity index (χ2v) is 27.5. The minimum absolute atomic E-state index is 0.0280. The van der Waals surface area contributed by atoms with E-state index in [4.69, 9.17) is 0 Å². The normalized spacial score (nSPS) is 22.4. The maximum Gasteiger partial charge on any atom is 0.333 e. The molecule has 9 aromatic carbocycles. The molecule has 0 N–H and O–H groups in total. The zero-order valence-electron chi connectivity index (χ0n) is 45.6. The van der Waals surface area contributed by atoms with Gasteiger partial charge in [0.05, 0.1) is 5.69 Å². The molecule has 4 saturated carbocycles.